The smallest absolute Gasteiger partial charge is 0.234 e. The zero-order chi connectivity index (χ0) is 16.0. The molecular weight excluding hydrogens is 307 g/mol. The van der Waals surface area contributed by atoms with E-state index in [9.17, 15) is 12.8 Å². The highest BCUT2D eigenvalue weighted by atomic mass is 32.2. The summed E-state index contributed by atoms with van der Waals surface area (Å²) in [5.41, 5.74) is 0.493. The van der Waals surface area contributed by atoms with Gasteiger partial charge in [0.1, 0.15) is 5.75 Å². The van der Waals surface area contributed by atoms with Crippen LogP contribution >= 0.6 is 0 Å². The molecule has 0 N–H and O–H groups in total. The number of benzene rings is 1. The van der Waals surface area contributed by atoms with Gasteiger partial charge in [0.25, 0.3) is 0 Å². The van der Waals surface area contributed by atoms with Crippen molar-refractivity contribution >= 4 is 15.7 Å². The summed E-state index contributed by atoms with van der Waals surface area (Å²) < 4.78 is 42.8. The van der Waals surface area contributed by atoms with Crippen molar-refractivity contribution in [1.82, 2.24) is 4.98 Å². The number of sulfonamides is 1. The monoisotopic (exact) mass is 324 g/mol. The fourth-order valence-electron chi connectivity index (χ4n) is 1.79. The third-order valence-corrected chi connectivity index (χ3v) is 4.86. The molecule has 1 aromatic carbocycles. The molecular formula is C15H17FN2O3S. The Morgan fingerprint density at radius 2 is 1.91 bits per heavy atom. The second-order valence-corrected chi connectivity index (χ2v) is 6.71. The molecule has 118 valence electrons. The molecule has 0 saturated carbocycles. The fourth-order valence-corrected chi connectivity index (χ4v) is 2.98. The predicted octanol–water partition coefficient (Wildman–Crippen LogP) is 3.00. The summed E-state index contributed by atoms with van der Waals surface area (Å²) in [5, 5.41) is 0. The number of rotatable bonds is 7. The molecule has 0 bridgehead atoms. The minimum atomic E-state index is -3.51. The highest BCUT2D eigenvalue weighted by molar-refractivity contribution is 7.92. The van der Waals surface area contributed by atoms with Gasteiger partial charge in [-0.15, -0.1) is 0 Å². The Balaban J connectivity index is 2.08. The number of alkyl halides is 1. The average Bonchev–Trinajstić information content (AvgIpc) is 2.54. The molecule has 0 aliphatic carbocycles. The molecule has 7 heteroatoms. The lowest BCUT2D eigenvalue weighted by Gasteiger charge is -2.19. The van der Waals surface area contributed by atoms with E-state index < -0.39 is 16.7 Å². The number of ether oxygens (including phenoxy) is 1. The van der Waals surface area contributed by atoms with Crippen molar-refractivity contribution < 1.29 is 17.5 Å². The van der Waals surface area contributed by atoms with E-state index in [1.54, 1.807) is 42.6 Å². The summed E-state index contributed by atoms with van der Waals surface area (Å²) in [4.78, 5) is 4.04. The molecule has 0 spiro atoms. The molecule has 0 saturated heterocycles. The van der Waals surface area contributed by atoms with Crippen LogP contribution in [0.4, 0.5) is 10.1 Å². The van der Waals surface area contributed by atoms with Crippen LogP contribution in [0.3, 0.4) is 0 Å². The van der Waals surface area contributed by atoms with E-state index in [0.29, 0.717) is 17.3 Å². The number of halogens is 1. The lowest BCUT2D eigenvalue weighted by Crippen LogP contribution is -2.29. The van der Waals surface area contributed by atoms with Crippen LogP contribution in [0.1, 0.15) is 6.42 Å². The molecule has 1 heterocycles. The number of pyridine rings is 1. The summed E-state index contributed by atoms with van der Waals surface area (Å²) in [7, 11) is -2.06. The van der Waals surface area contributed by atoms with Crippen LogP contribution in [0.2, 0.25) is 0 Å². The first-order chi connectivity index (χ1) is 10.5. The maximum atomic E-state index is 12.1. The Hall–Kier alpha value is -2.15. The molecule has 0 atom stereocenters. The summed E-state index contributed by atoms with van der Waals surface area (Å²) >= 11 is 0. The van der Waals surface area contributed by atoms with Gasteiger partial charge in [-0.1, -0.05) is 6.07 Å². The molecule has 0 amide bonds. The van der Waals surface area contributed by atoms with Gasteiger partial charge in [0.2, 0.25) is 15.9 Å². The topological polar surface area (TPSA) is 59.5 Å². The van der Waals surface area contributed by atoms with E-state index in [4.69, 9.17) is 4.74 Å². The van der Waals surface area contributed by atoms with Gasteiger partial charge in [-0.3, -0.25) is 8.70 Å². The first kappa shape index (κ1) is 16.2. The maximum absolute atomic E-state index is 12.1. The maximum Gasteiger partial charge on any atom is 0.234 e. The molecule has 1 aromatic heterocycles. The number of anilines is 1. The normalized spacial score (nSPS) is 11.2. The van der Waals surface area contributed by atoms with Crippen LogP contribution < -0.4 is 9.04 Å². The summed E-state index contributed by atoms with van der Waals surface area (Å²) in [6.07, 6.45) is 1.61. The number of nitrogens with zero attached hydrogens (tertiary/aromatic N) is 2. The van der Waals surface area contributed by atoms with Gasteiger partial charge in [0, 0.05) is 19.3 Å². The van der Waals surface area contributed by atoms with E-state index in [-0.39, 0.29) is 12.2 Å². The van der Waals surface area contributed by atoms with Gasteiger partial charge < -0.3 is 4.74 Å². The highest BCUT2D eigenvalue weighted by Gasteiger charge is 2.17. The first-order valence-corrected chi connectivity index (χ1v) is 8.35. The van der Waals surface area contributed by atoms with Crippen LogP contribution in [0.15, 0.2) is 48.7 Å². The predicted molar refractivity (Wildman–Crippen MR) is 83.5 cm³/mol. The third-order valence-electron chi connectivity index (χ3n) is 3.01. The zero-order valence-corrected chi connectivity index (χ0v) is 13.0. The fraction of sp³-hybridized carbons (Fsp3) is 0.267. The highest BCUT2D eigenvalue weighted by Crippen LogP contribution is 2.24. The van der Waals surface area contributed by atoms with Crippen molar-refractivity contribution in [2.75, 3.05) is 23.8 Å². The van der Waals surface area contributed by atoms with Crippen molar-refractivity contribution in [2.45, 2.75) is 6.42 Å². The SMILES string of the molecule is CN(c1ccc(Oc2ccccn2)cc1)S(=O)(=O)CCCF. The summed E-state index contributed by atoms with van der Waals surface area (Å²) in [6.45, 7) is -0.649. The molecule has 0 unspecified atom stereocenters. The Bertz CT molecular complexity index is 690. The van der Waals surface area contributed by atoms with E-state index in [0.717, 1.165) is 4.31 Å². The van der Waals surface area contributed by atoms with Crippen LogP contribution in [0.25, 0.3) is 0 Å². The minimum Gasteiger partial charge on any atom is -0.439 e. The van der Waals surface area contributed by atoms with Gasteiger partial charge in [-0.05, 0) is 36.8 Å². The van der Waals surface area contributed by atoms with Crippen LogP contribution in [-0.2, 0) is 10.0 Å². The van der Waals surface area contributed by atoms with Gasteiger partial charge in [-0.25, -0.2) is 13.4 Å². The summed E-state index contributed by atoms with van der Waals surface area (Å²) in [5.74, 6) is 0.794. The van der Waals surface area contributed by atoms with Gasteiger partial charge in [-0.2, -0.15) is 0 Å². The van der Waals surface area contributed by atoms with Gasteiger partial charge in [0.05, 0.1) is 18.1 Å². The Morgan fingerprint density at radius 3 is 2.50 bits per heavy atom. The van der Waals surface area contributed by atoms with Gasteiger partial charge >= 0.3 is 0 Å². The summed E-state index contributed by atoms with van der Waals surface area (Å²) in [6, 6.07) is 11.9. The van der Waals surface area contributed by atoms with E-state index in [1.165, 1.54) is 7.05 Å². The second-order valence-electron chi connectivity index (χ2n) is 4.59. The Morgan fingerprint density at radius 1 is 1.18 bits per heavy atom. The minimum absolute atomic E-state index is 0.00640. The molecule has 5 nitrogen and oxygen atoms in total. The molecule has 0 fully saturated rings. The zero-order valence-electron chi connectivity index (χ0n) is 12.1. The Labute approximate surface area is 129 Å². The quantitative estimate of drug-likeness (QED) is 0.785. The van der Waals surface area contributed by atoms with Gasteiger partial charge in [0.15, 0.2) is 0 Å². The van der Waals surface area contributed by atoms with E-state index >= 15 is 0 Å². The molecule has 2 aromatic rings. The standard InChI is InChI=1S/C15H17FN2O3S/c1-18(22(19,20)12-4-10-16)13-6-8-14(9-7-13)21-15-5-2-3-11-17-15/h2-3,5-9,11H,4,10,12H2,1H3. The lowest BCUT2D eigenvalue weighted by atomic mass is 10.3. The lowest BCUT2D eigenvalue weighted by molar-refractivity contribution is 0.463. The van der Waals surface area contributed by atoms with Crippen molar-refractivity contribution in [3.05, 3.63) is 48.7 Å². The van der Waals surface area contributed by atoms with E-state index in [1.807, 2.05) is 6.07 Å². The van der Waals surface area contributed by atoms with E-state index in [2.05, 4.69) is 4.98 Å². The number of hydrogen-bond donors (Lipinski definition) is 0. The largest absolute Gasteiger partial charge is 0.439 e. The van der Waals surface area contributed by atoms with Crippen molar-refractivity contribution in [3.63, 3.8) is 0 Å². The molecule has 2 rings (SSSR count). The van der Waals surface area contributed by atoms with Crippen molar-refractivity contribution in [1.29, 1.82) is 0 Å². The average molecular weight is 324 g/mol. The Kier molecular flexibility index (Phi) is 5.32. The molecule has 0 radical (unpaired) electrons. The second kappa shape index (κ2) is 7.22. The third kappa shape index (κ3) is 4.17. The molecule has 22 heavy (non-hydrogen) atoms. The number of aromatic nitrogens is 1. The van der Waals surface area contributed by atoms with Crippen LogP contribution in [-0.4, -0.2) is 32.9 Å². The molecule has 0 aliphatic rings. The van der Waals surface area contributed by atoms with Crippen molar-refractivity contribution in [2.24, 2.45) is 0 Å². The van der Waals surface area contributed by atoms with Crippen LogP contribution in [0.5, 0.6) is 11.6 Å². The van der Waals surface area contributed by atoms with Crippen LogP contribution in [0, 0.1) is 0 Å². The van der Waals surface area contributed by atoms with Crippen molar-refractivity contribution in [3.8, 4) is 11.6 Å². The number of hydrogen-bond acceptors (Lipinski definition) is 4. The first-order valence-electron chi connectivity index (χ1n) is 6.74. The molecule has 0 aliphatic heterocycles.